The molecule has 2 aromatic rings. The number of H-pyrrole nitrogens is 1. The SMILES string of the molecule is CCNCCNC(=O)c1ccc(C(=O)c2cc[nH]c2)cc1. The van der Waals surface area contributed by atoms with E-state index in [2.05, 4.69) is 15.6 Å². The van der Waals surface area contributed by atoms with Crippen LogP contribution in [0.15, 0.2) is 42.7 Å². The van der Waals surface area contributed by atoms with Crippen LogP contribution in [-0.2, 0) is 0 Å². The van der Waals surface area contributed by atoms with E-state index in [4.69, 9.17) is 0 Å². The zero-order chi connectivity index (χ0) is 15.1. The number of aromatic nitrogens is 1. The minimum Gasteiger partial charge on any atom is -0.367 e. The van der Waals surface area contributed by atoms with Crippen LogP contribution >= 0.6 is 0 Å². The van der Waals surface area contributed by atoms with Crippen molar-refractivity contribution >= 4 is 11.7 Å². The fourth-order valence-electron chi connectivity index (χ4n) is 1.95. The topological polar surface area (TPSA) is 74.0 Å². The van der Waals surface area contributed by atoms with Crippen molar-refractivity contribution in [1.29, 1.82) is 0 Å². The second kappa shape index (κ2) is 7.40. The molecule has 5 heteroatoms. The molecular weight excluding hydrogens is 266 g/mol. The van der Waals surface area contributed by atoms with Gasteiger partial charge in [-0.3, -0.25) is 9.59 Å². The van der Waals surface area contributed by atoms with E-state index >= 15 is 0 Å². The number of benzene rings is 1. The first-order chi connectivity index (χ1) is 10.2. The summed E-state index contributed by atoms with van der Waals surface area (Å²) in [4.78, 5) is 26.8. The molecule has 5 nitrogen and oxygen atoms in total. The van der Waals surface area contributed by atoms with Gasteiger partial charge in [0.25, 0.3) is 5.91 Å². The third-order valence-electron chi connectivity index (χ3n) is 3.11. The molecule has 0 aliphatic rings. The molecule has 0 aliphatic carbocycles. The molecular formula is C16H19N3O2. The first-order valence-electron chi connectivity index (χ1n) is 6.99. The van der Waals surface area contributed by atoms with Gasteiger partial charge in [-0.15, -0.1) is 0 Å². The molecule has 110 valence electrons. The molecule has 0 saturated carbocycles. The second-order valence-corrected chi connectivity index (χ2v) is 4.62. The van der Waals surface area contributed by atoms with Crippen molar-refractivity contribution in [1.82, 2.24) is 15.6 Å². The summed E-state index contributed by atoms with van der Waals surface area (Å²) in [5.41, 5.74) is 1.73. The largest absolute Gasteiger partial charge is 0.367 e. The first-order valence-corrected chi connectivity index (χ1v) is 6.99. The minimum atomic E-state index is -0.131. The summed E-state index contributed by atoms with van der Waals surface area (Å²) in [6.45, 7) is 4.22. The van der Waals surface area contributed by atoms with Crippen molar-refractivity contribution < 1.29 is 9.59 Å². The highest BCUT2D eigenvalue weighted by Gasteiger charge is 2.10. The van der Waals surface area contributed by atoms with Gasteiger partial charge in [0.1, 0.15) is 0 Å². The Labute approximate surface area is 123 Å². The maximum atomic E-state index is 12.1. The van der Waals surface area contributed by atoms with E-state index in [1.165, 1.54) is 0 Å². The molecule has 0 fully saturated rings. The van der Waals surface area contributed by atoms with E-state index in [0.717, 1.165) is 13.1 Å². The van der Waals surface area contributed by atoms with Gasteiger partial charge in [0.2, 0.25) is 0 Å². The summed E-state index contributed by atoms with van der Waals surface area (Å²) >= 11 is 0. The fraction of sp³-hybridized carbons (Fsp3) is 0.250. The monoisotopic (exact) mass is 285 g/mol. The summed E-state index contributed by atoms with van der Waals surface area (Å²) in [6.07, 6.45) is 3.36. The summed E-state index contributed by atoms with van der Waals surface area (Å²) in [7, 11) is 0. The fourth-order valence-corrected chi connectivity index (χ4v) is 1.95. The maximum absolute atomic E-state index is 12.1. The van der Waals surface area contributed by atoms with Gasteiger partial charge in [-0.25, -0.2) is 0 Å². The highest BCUT2D eigenvalue weighted by molar-refractivity contribution is 6.09. The van der Waals surface area contributed by atoms with Crippen LogP contribution in [0.2, 0.25) is 0 Å². The van der Waals surface area contributed by atoms with Crippen LogP contribution in [-0.4, -0.2) is 36.3 Å². The lowest BCUT2D eigenvalue weighted by atomic mass is 10.0. The lowest BCUT2D eigenvalue weighted by Crippen LogP contribution is -2.31. The van der Waals surface area contributed by atoms with Crippen LogP contribution in [0.5, 0.6) is 0 Å². The molecule has 21 heavy (non-hydrogen) atoms. The zero-order valence-electron chi connectivity index (χ0n) is 12.0. The van der Waals surface area contributed by atoms with Gasteiger partial charge in [0, 0.05) is 42.2 Å². The van der Waals surface area contributed by atoms with E-state index in [1.807, 2.05) is 6.92 Å². The van der Waals surface area contributed by atoms with E-state index in [9.17, 15) is 9.59 Å². The third kappa shape index (κ3) is 4.03. The molecule has 1 aromatic heterocycles. The lowest BCUT2D eigenvalue weighted by molar-refractivity contribution is 0.0952. The molecule has 0 saturated heterocycles. The average Bonchev–Trinajstić information content (AvgIpc) is 3.05. The zero-order valence-corrected chi connectivity index (χ0v) is 12.0. The second-order valence-electron chi connectivity index (χ2n) is 4.62. The van der Waals surface area contributed by atoms with Crippen molar-refractivity contribution in [2.45, 2.75) is 6.92 Å². The van der Waals surface area contributed by atoms with Crippen LogP contribution in [0.4, 0.5) is 0 Å². The van der Waals surface area contributed by atoms with Crippen LogP contribution < -0.4 is 10.6 Å². The smallest absolute Gasteiger partial charge is 0.251 e. The highest BCUT2D eigenvalue weighted by atomic mass is 16.1. The number of ketones is 1. The van der Waals surface area contributed by atoms with E-state index in [0.29, 0.717) is 23.2 Å². The molecule has 1 amide bonds. The lowest BCUT2D eigenvalue weighted by Gasteiger charge is -2.06. The molecule has 0 spiro atoms. The molecule has 0 unspecified atom stereocenters. The molecule has 0 radical (unpaired) electrons. The number of aromatic amines is 1. The predicted octanol–water partition coefficient (Wildman–Crippen LogP) is 1.58. The quantitative estimate of drug-likeness (QED) is 0.534. The predicted molar refractivity (Wildman–Crippen MR) is 81.5 cm³/mol. The molecule has 0 bridgehead atoms. The van der Waals surface area contributed by atoms with E-state index in [1.54, 1.807) is 42.7 Å². The number of rotatable bonds is 7. The Kier molecular flexibility index (Phi) is 5.29. The molecule has 1 heterocycles. The Morgan fingerprint density at radius 2 is 1.71 bits per heavy atom. The van der Waals surface area contributed by atoms with Crippen molar-refractivity contribution in [3.63, 3.8) is 0 Å². The van der Waals surface area contributed by atoms with Crippen LogP contribution in [0.25, 0.3) is 0 Å². The third-order valence-corrected chi connectivity index (χ3v) is 3.11. The Hall–Kier alpha value is -2.40. The molecule has 3 N–H and O–H groups in total. The molecule has 0 atom stereocenters. The number of amides is 1. The number of carbonyl (C=O) groups excluding carboxylic acids is 2. The van der Waals surface area contributed by atoms with E-state index in [-0.39, 0.29) is 11.7 Å². The van der Waals surface area contributed by atoms with Gasteiger partial charge >= 0.3 is 0 Å². The summed E-state index contributed by atoms with van der Waals surface area (Å²) in [6, 6.07) is 8.41. The van der Waals surface area contributed by atoms with Gasteiger partial charge in [-0.05, 0) is 24.7 Å². The Morgan fingerprint density at radius 1 is 1.00 bits per heavy atom. The molecule has 0 aliphatic heterocycles. The number of hydrogen-bond acceptors (Lipinski definition) is 3. The van der Waals surface area contributed by atoms with Crippen LogP contribution in [0, 0.1) is 0 Å². The van der Waals surface area contributed by atoms with Crippen molar-refractivity contribution in [3.05, 3.63) is 59.4 Å². The maximum Gasteiger partial charge on any atom is 0.251 e. The summed E-state index contributed by atoms with van der Waals surface area (Å²) < 4.78 is 0. The number of likely N-dealkylation sites (N-methyl/N-ethyl adjacent to an activating group) is 1. The number of carbonyl (C=O) groups is 2. The standard InChI is InChI=1S/C16H19N3O2/c1-2-17-9-10-19-16(21)13-5-3-12(4-6-13)15(20)14-7-8-18-11-14/h3-8,11,17-18H,2,9-10H2,1H3,(H,19,21). The molecule has 1 aromatic carbocycles. The highest BCUT2D eigenvalue weighted by Crippen LogP contribution is 2.10. The Bertz CT molecular complexity index is 588. The minimum absolute atomic E-state index is 0.0599. The van der Waals surface area contributed by atoms with Crippen LogP contribution in [0.1, 0.15) is 33.2 Å². The van der Waals surface area contributed by atoms with Crippen molar-refractivity contribution in [2.24, 2.45) is 0 Å². The Morgan fingerprint density at radius 3 is 2.33 bits per heavy atom. The van der Waals surface area contributed by atoms with Gasteiger partial charge in [-0.2, -0.15) is 0 Å². The van der Waals surface area contributed by atoms with Gasteiger partial charge < -0.3 is 15.6 Å². The summed E-state index contributed by atoms with van der Waals surface area (Å²) in [5, 5.41) is 5.95. The number of nitrogens with one attached hydrogen (secondary N) is 3. The van der Waals surface area contributed by atoms with Gasteiger partial charge in [0.15, 0.2) is 5.78 Å². The number of hydrogen-bond donors (Lipinski definition) is 3. The molecule has 2 rings (SSSR count). The van der Waals surface area contributed by atoms with Crippen molar-refractivity contribution in [3.8, 4) is 0 Å². The van der Waals surface area contributed by atoms with Gasteiger partial charge in [-0.1, -0.05) is 19.1 Å². The van der Waals surface area contributed by atoms with Gasteiger partial charge in [0.05, 0.1) is 0 Å². The van der Waals surface area contributed by atoms with Crippen molar-refractivity contribution in [2.75, 3.05) is 19.6 Å². The average molecular weight is 285 g/mol. The Balaban J connectivity index is 1.95. The van der Waals surface area contributed by atoms with Crippen LogP contribution in [0.3, 0.4) is 0 Å². The normalized spacial score (nSPS) is 10.3. The first kappa shape index (κ1) is 15.0. The van der Waals surface area contributed by atoms with E-state index < -0.39 is 0 Å². The summed E-state index contributed by atoms with van der Waals surface area (Å²) in [5.74, 6) is -0.191.